The lowest BCUT2D eigenvalue weighted by atomic mass is 10.1. The molecule has 2 N–H and O–H groups in total. The average Bonchev–Trinajstić information content (AvgIpc) is 2.85. The van der Waals surface area contributed by atoms with E-state index in [1.165, 1.54) is 24.3 Å². The van der Waals surface area contributed by atoms with E-state index >= 15 is 0 Å². The van der Waals surface area contributed by atoms with E-state index in [1.54, 1.807) is 0 Å². The van der Waals surface area contributed by atoms with Crippen LogP contribution >= 0.6 is 0 Å². The number of benzene rings is 1. The van der Waals surface area contributed by atoms with E-state index in [0.29, 0.717) is 18.2 Å². The van der Waals surface area contributed by atoms with Gasteiger partial charge in [0, 0.05) is 6.54 Å². The summed E-state index contributed by atoms with van der Waals surface area (Å²) >= 11 is 0. The van der Waals surface area contributed by atoms with Crippen LogP contribution in [0.4, 0.5) is 4.39 Å². The van der Waals surface area contributed by atoms with Gasteiger partial charge in [0.25, 0.3) is 0 Å². The highest BCUT2D eigenvalue weighted by Crippen LogP contribution is 2.24. The topological polar surface area (TPSA) is 58.6 Å². The van der Waals surface area contributed by atoms with E-state index < -0.39 is 0 Å². The van der Waals surface area contributed by atoms with E-state index in [0.717, 1.165) is 19.3 Å². The van der Waals surface area contributed by atoms with Crippen molar-refractivity contribution in [3.8, 4) is 5.75 Å². The molecule has 5 heteroatoms. The largest absolute Gasteiger partial charge is 0.493 e. The fourth-order valence-electron chi connectivity index (χ4n) is 2.37. The molecule has 2 unspecified atom stereocenters. The summed E-state index contributed by atoms with van der Waals surface area (Å²) in [5, 5.41) is 12.2. The van der Waals surface area contributed by atoms with Crippen LogP contribution in [0.15, 0.2) is 24.3 Å². The molecule has 20 heavy (non-hydrogen) atoms. The zero-order chi connectivity index (χ0) is 14.4. The SMILES string of the molecule is O=C(CCOc1ccc(F)cc1)NCC1CCC(O)C1. The predicted molar refractivity (Wildman–Crippen MR) is 72.9 cm³/mol. The van der Waals surface area contributed by atoms with Crippen LogP contribution in [0.1, 0.15) is 25.7 Å². The summed E-state index contributed by atoms with van der Waals surface area (Å²) in [6.07, 6.45) is 2.62. The Morgan fingerprint density at radius 1 is 1.35 bits per heavy atom. The number of nitrogens with one attached hydrogen (secondary N) is 1. The Morgan fingerprint density at radius 2 is 2.10 bits per heavy atom. The van der Waals surface area contributed by atoms with Gasteiger partial charge in [0.05, 0.1) is 19.1 Å². The van der Waals surface area contributed by atoms with E-state index in [4.69, 9.17) is 4.74 Å². The van der Waals surface area contributed by atoms with Gasteiger partial charge in [-0.3, -0.25) is 4.79 Å². The first-order valence-corrected chi connectivity index (χ1v) is 6.96. The minimum atomic E-state index is -0.311. The molecule has 1 amide bonds. The number of amides is 1. The van der Waals surface area contributed by atoms with Gasteiger partial charge >= 0.3 is 0 Å². The third kappa shape index (κ3) is 4.81. The molecule has 110 valence electrons. The van der Waals surface area contributed by atoms with Crippen molar-refractivity contribution in [1.82, 2.24) is 5.32 Å². The van der Waals surface area contributed by atoms with Crippen LogP contribution < -0.4 is 10.1 Å². The molecule has 2 rings (SSSR count). The molecule has 1 fully saturated rings. The van der Waals surface area contributed by atoms with Crippen molar-refractivity contribution in [2.75, 3.05) is 13.2 Å². The molecule has 0 radical (unpaired) electrons. The minimum Gasteiger partial charge on any atom is -0.493 e. The zero-order valence-corrected chi connectivity index (χ0v) is 11.3. The molecule has 1 aromatic rings. The molecule has 0 heterocycles. The molecule has 1 aliphatic rings. The third-order valence-electron chi connectivity index (χ3n) is 3.51. The van der Waals surface area contributed by atoms with E-state index in [2.05, 4.69) is 5.32 Å². The zero-order valence-electron chi connectivity index (χ0n) is 11.3. The lowest BCUT2D eigenvalue weighted by Crippen LogP contribution is -2.29. The molecule has 1 aromatic carbocycles. The molecule has 0 aromatic heterocycles. The Labute approximate surface area is 117 Å². The lowest BCUT2D eigenvalue weighted by Gasteiger charge is -2.11. The van der Waals surface area contributed by atoms with Gasteiger partial charge in [0.2, 0.25) is 5.91 Å². The molecule has 1 saturated carbocycles. The number of carbonyl (C=O) groups is 1. The molecular formula is C15H20FNO3. The fraction of sp³-hybridized carbons (Fsp3) is 0.533. The Balaban J connectivity index is 1.59. The molecule has 1 aliphatic carbocycles. The number of hydrogen-bond donors (Lipinski definition) is 2. The van der Waals surface area contributed by atoms with Crippen molar-refractivity contribution in [2.45, 2.75) is 31.8 Å². The average molecular weight is 281 g/mol. The number of aliphatic hydroxyl groups excluding tert-OH is 1. The van der Waals surface area contributed by atoms with Crippen molar-refractivity contribution in [3.05, 3.63) is 30.1 Å². The fourth-order valence-corrected chi connectivity index (χ4v) is 2.37. The molecule has 0 saturated heterocycles. The van der Waals surface area contributed by atoms with Gasteiger partial charge in [-0.1, -0.05) is 0 Å². The summed E-state index contributed by atoms with van der Waals surface area (Å²) in [6, 6.07) is 5.71. The van der Waals surface area contributed by atoms with Crippen LogP contribution in [0.2, 0.25) is 0 Å². The summed E-state index contributed by atoms with van der Waals surface area (Å²) in [4.78, 5) is 11.6. The van der Waals surface area contributed by atoms with E-state index in [-0.39, 0.29) is 30.9 Å². The van der Waals surface area contributed by atoms with Crippen molar-refractivity contribution in [1.29, 1.82) is 0 Å². The second-order valence-corrected chi connectivity index (χ2v) is 5.19. The highest BCUT2D eigenvalue weighted by atomic mass is 19.1. The number of ether oxygens (including phenoxy) is 1. The van der Waals surface area contributed by atoms with E-state index in [1.807, 2.05) is 0 Å². The Bertz CT molecular complexity index is 435. The first-order valence-electron chi connectivity index (χ1n) is 6.96. The Hall–Kier alpha value is -1.62. The Morgan fingerprint density at radius 3 is 2.75 bits per heavy atom. The second-order valence-electron chi connectivity index (χ2n) is 5.19. The van der Waals surface area contributed by atoms with Gasteiger partial charge in [-0.05, 0) is 49.4 Å². The van der Waals surface area contributed by atoms with Crippen LogP contribution in [0.5, 0.6) is 5.75 Å². The number of halogens is 1. The molecular weight excluding hydrogens is 261 g/mol. The highest BCUT2D eigenvalue weighted by Gasteiger charge is 2.22. The highest BCUT2D eigenvalue weighted by molar-refractivity contribution is 5.75. The van der Waals surface area contributed by atoms with Gasteiger partial charge < -0.3 is 15.2 Å². The molecule has 0 bridgehead atoms. The maximum absolute atomic E-state index is 12.7. The van der Waals surface area contributed by atoms with Gasteiger partial charge in [0.1, 0.15) is 11.6 Å². The number of carbonyl (C=O) groups excluding carboxylic acids is 1. The molecule has 0 aliphatic heterocycles. The van der Waals surface area contributed by atoms with Gasteiger partial charge in [-0.25, -0.2) is 4.39 Å². The van der Waals surface area contributed by atoms with Crippen molar-refractivity contribution >= 4 is 5.91 Å². The van der Waals surface area contributed by atoms with Crippen molar-refractivity contribution < 1.29 is 19.0 Å². The van der Waals surface area contributed by atoms with Crippen molar-refractivity contribution in [2.24, 2.45) is 5.92 Å². The predicted octanol–water partition coefficient (Wildman–Crippen LogP) is 1.87. The number of rotatable bonds is 6. The molecule has 2 atom stereocenters. The van der Waals surface area contributed by atoms with Gasteiger partial charge in [-0.15, -0.1) is 0 Å². The number of hydrogen-bond acceptors (Lipinski definition) is 3. The van der Waals surface area contributed by atoms with Crippen LogP contribution in [-0.4, -0.2) is 30.3 Å². The quantitative estimate of drug-likeness (QED) is 0.837. The standard InChI is InChI=1S/C15H20FNO3/c16-12-2-5-14(6-3-12)20-8-7-15(19)17-10-11-1-4-13(18)9-11/h2-3,5-6,11,13,18H,1,4,7-10H2,(H,17,19). The van der Waals surface area contributed by atoms with Gasteiger partial charge in [-0.2, -0.15) is 0 Å². The summed E-state index contributed by atoms with van der Waals surface area (Å²) in [7, 11) is 0. The summed E-state index contributed by atoms with van der Waals surface area (Å²) < 4.78 is 18.0. The number of aliphatic hydroxyl groups is 1. The van der Waals surface area contributed by atoms with Crippen LogP contribution in [-0.2, 0) is 4.79 Å². The lowest BCUT2D eigenvalue weighted by molar-refractivity contribution is -0.121. The molecule has 0 spiro atoms. The first kappa shape index (κ1) is 14.8. The normalized spacial score (nSPS) is 21.7. The molecule has 4 nitrogen and oxygen atoms in total. The first-order chi connectivity index (χ1) is 9.63. The Kier molecular flexibility index (Phi) is 5.35. The second kappa shape index (κ2) is 7.24. The maximum atomic E-state index is 12.7. The smallest absolute Gasteiger partial charge is 0.223 e. The third-order valence-corrected chi connectivity index (χ3v) is 3.51. The minimum absolute atomic E-state index is 0.0616. The summed E-state index contributed by atoms with van der Waals surface area (Å²) in [5.74, 6) is 0.562. The van der Waals surface area contributed by atoms with Crippen LogP contribution in [0.25, 0.3) is 0 Å². The van der Waals surface area contributed by atoms with Crippen LogP contribution in [0, 0.1) is 11.7 Å². The van der Waals surface area contributed by atoms with Gasteiger partial charge in [0.15, 0.2) is 0 Å². The monoisotopic (exact) mass is 281 g/mol. The maximum Gasteiger partial charge on any atom is 0.223 e. The summed E-state index contributed by atoms with van der Waals surface area (Å²) in [5.41, 5.74) is 0. The van der Waals surface area contributed by atoms with Crippen molar-refractivity contribution in [3.63, 3.8) is 0 Å². The summed E-state index contributed by atoms with van der Waals surface area (Å²) in [6.45, 7) is 0.886. The van der Waals surface area contributed by atoms with E-state index in [9.17, 15) is 14.3 Å². The van der Waals surface area contributed by atoms with Crippen LogP contribution in [0.3, 0.4) is 0 Å².